The van der Waals surface area contributed by atoms with Crippen LogP contribution in [-0.4, -0.2) is 6.61 Å². The summed E-state index contributed by atoms with van der Waals surface area (Å²) >= 11 is 3.32. The molecule has 0 unspecified atom stereocenters. The van der Waals surface area contributed by atoms with Gasteiger partial charge in [0.15, 0.2) is 0 Å². The van der Waals surface area contributed by atoms with Crippen LogP contribution in [0.4, 0.5) is 0 Å². The van der Waals surface area contributed by atoms with Crippen molar-refractivity contribution in [2.75, 3.05) is 6.61 Å². The van der Waals surface area contributed by atoms with E-state index in [1.54, 1.807) is 6.07 Å². The van der Waals surface area contributed by atoms with Crippen LogP contribution in [0.5, 0.6) is 5.75 Å². The molecule has 15 heavy (non-hydrogen) atoms. The largest absolute Gasteiger partial charge is 0.492 e. The fourth-order valence-corrected chi connectivity index (χ4v) is 1.43. The minimum Gasteiger partial charge on any atom is -0.492 e. The molecule has 80 valence electrons. The van der Waals surface area contributed by atoms with Crippen molar-refractivity contribution in [3.8, 4) is 11.8 Å². The quantitative estimate of drug-likeness (QED) is 0.833. The van der Waals surface area contributed by atoms with Crippen LogP contribution in [-0.2, 0) is 0 Å². The van der Waals surface area contributed by atoms with Crippen LogP contribution in [0.3, 0.4) is 0 Å². The van der Waals surface area contributed by atoms with Crippen molar-refractivity contribution >= 4 is 15.9 Å². The molecule has 1 atom stereocenters. The number of halogens is 1. The van der Waals surface area contributed by atoms with Gasteiger partial charge in [0.1, 0.15) is 11.8 Å². The number of hydrogen-bond acceptors (Lipinski definition) is 2. The lowest BCUT2D eigenvalue weighted by molar-refractivity contribution is 0.256. The number of rotatable bonds is 4. The summed E-state index contributed by atoms with van der Waals surface area (Å²) in [6, 6.07) is 7.60. The Morgan fingerprint density at radius 1 is 1.53 bits per heavy atom. The standard InChI is InChI=1S/C12H14BrNO/c1-3-9(2)8-15-12-5-4-11(13)6-10(12)7-14/h4-6,9H,3,8H2,1-2H3/t9-/m0/s1. The second-order valence-corrected chi connectivity index (χ2v) is 4.49. The fourth-order valence-electron chi connectivity index (χ4n) is 1.07. The van der Waals surface area contributed by atoms with Gasteiger partial charge in [0, 0.05) is 4.47 Å². The van der Waals surface area contributed by atoms with Crippen molar-refractivity contribution in [3.05, 3.63) is 28.2 Å². The lowest BCUT2D eigenvalue weighted by Crippen LogP contribution is -2.07. The van der Waals surface area contributed by atoms with Crippen LogP contribution in [0.1, 0.15) is 25.8 Å². The summed E-state index contributed by atoms with van der Waals surface area (Å²) in [6.07, 6.45) is 1.08. The normalized spacial score (nSPS) is 11.9. The predicted molar refractivity (Wildman–Crippen MR) is 63.8 cm³/mol. The van der Waals surface area contributed by atoms with Gasteiger partial charge in [-0.25, -0.2) is 0 Å². The molecule has 1 aromatic carbocycles. The van der Waals surface area contributed by atoms with Crippen molar-refractivity contribution in [2.45, 2.75) is 20.3 Å². The molecular weight excluding hydrogens is 254 g/mol. The van der Waals surface area contributed by atoms with Gasteiger partial charge in [-0.2, -0.15) is 5.26 Å². The molecule has 0 aliphatic rings. The highest BCUT2D eigenvalue weighted by Crippen LogP contribution is 2.23. The minimum atomic E-state index is 0.514. The first-order chi connectivity index (χ1) is 7.17. The zero-order chi connectivity index (χ0) is 11.3. The van der Waals surface area contributed by atoms with Crippen LogP contribution < -0.4 is 4.74 Å². The Bertz CT molecular complexity index is 370. The van der Waals surface area contributed by atoms with Crippen molar-refractivity contribution in [1.29, 1.82) is 5.26 Å². The van der Waals surface area contributed by atoms with E-state index in [0.717, 1.165) is 10.9 Å². The fraction of sp³-hybridized carbons (Fsp3) is 0.417. The molecule has 0 saturated heterocycles. The smallest absolute Gasteiger partial charge is 0.137 e. The molecule has 0 aliphatic heterocycles. The van der Waals surface area contributed by atoms with E-state index in [1.807, 2.05) is 12.1 Å². The summed E-state index contributed by atoms with van der Waals surface area (Å²) in [7, 11) is 0. The molecule has 0 saturated carbocycles. The van der Waals surface area contributed by atoms with Gasteiger partial charge in [0.25, 0.3) is 0 Å². The third-order valence-electron chi connectivity index (χ3n) is 2.28. The summed E-state index contributed by atoms with van der Waals surface area (Å²) in [4.78, 5) is 0. The van der Waals surface area contributed by atoms with Gasteiger partial charge in [0.05, 0.1) is 12.2 Å². The number of nitrogens with zero attached hydrogens (tertiary/aromatic N) is 1. The molecule has 0 N–H and O–H groups in total. The second kappa shape index (κ2) is 5.77. The lowest BCUT2D eigenvalue weighted by Gasteiger charge is -2.11. The maximum atomic E-state index is 8.91. The Hall–Kier alpha value is -1.01. The van der Waals surface area contributed by atoms with E-state index >= 15 is 0 Å². The van der Waals surface area contributed by atoms with E-state index in [9.17, 15) is 0 Å². The predicted octanol–water partition coefficient (Wildman–Crippen LogP) is 3.75. The molecule has 0 fully saturated rings. The van der Waals surface area contributed by atoms with E-state index in [0.29, 0.717) is 23.8 Å². The van der Waals surface area contributed by atoms with Gasteiger partial charge >= 0.3 is 0 Å². The molecule has 0 radical (unpaired) electrons. The third kappa shape index (κ3) is 3.56. The van der Waals surface area contributed by atoms with Crippen molar-refractivity contribution in [3.63, 3.8) is 0 Å². The van der Waals surface area contributed by atoms with Crippen LogP contribution in [0, 0.1) is 17.2 Å². The van der Waals surface area contributed by atoms with E-state index in [4.69, 9.17) is 10.00 Å². The van der Waals surface area contributed by atoms with E-state index in [-0.39, 0.29) is 0 Å². The summed E-state index contributed by atoms with van der Waals surface area (Å²) in [5.41, 5.74) is 0.577. The number of nitriles is 1. The molecule has 3 heteroatoms. The molecule has 0 spiro atoms. The Morgan fingerprint density at radius 3 is 2.87 bits per heavy atom. The molecule has 0 bridgehead atoms. The zero-order valence-corrected chi connectivity index (χ0v) is 10.5. The Balaban J connectivity index is 2.73. The maximum absolute atomic E-state index is 8.91. The first kappa shape index (κ1) is 12.1. The molecule has 2 nitrogen and oxygen atoms in total. The summed E-state index contributed by atoms with van der Waals surface area (Å²) in [5, 5.41) is 8.91. The van der Waals surface area contributed by atoms with Gasteiger partial charge in [-0.3, -0.25) is 0 Å². The van der Waals surface area contributed by atoms with Gasteiger partial charge in [0.2, 0.25) is 0 Å². The Labute approximate surface area is 99.0 Å². The van der Waals surface area contributed by atoms with Gasteiger partial charge < -0.3 is 4.74 Å². The molecule has 0 aliphatic carbocycles. The molecule has 0 aromatic heterocycles. The highest BCUT2D eigenvalue weighted by atomic mass is 79.9. The summed E-state index contributed by atoms with van der Waals surface area (Å²) in [5.74, 6) is 1.18. The van der Waals surface area contributed by atoms with Crippen LogP contribution >= 0.6 is 15.9 Å². The molecular formula is C12H14BrNO. The molecule has 1 rings (SSSR count). The zero-order valence-electron chi connectivity index (χ0n) is 8.96. The van der Waals surface area contributed by atoms with E-state index in [1.165, 1.54) is 0 Å². The van der Waals surface area contributed by atoms with Crippen LogP contribution in [0.2, 0.25) is 0 Å². The second-order valence-electron chi connectivity index (χ2n) is 3.58. The lowest BCUT2D eigenvalue weighted by atomic mass is 10.1. The van der Waals surface area contributed by atoms with Crippen molar-refractivity contribution in [1.82, 2.24) is 0 Å². The molecule has 0 heterocycles. The Kier molecular flexibility index (Phi) is 4.64. The number of ether oxygens (including phenoxy) is 1. The number of hydrogen-bond donors (Lipinski definition) is 0. The van der Waals surface area contributed by atoms with Gasteiger partial charge in [-0.1, -0.05) is 36.2 Å². The highest BCUT2D eigenvalue weighted by Gasteiger charge is 2.05. The summed E-state index contributed by atoms with van der Waals surface area (Å²) in [6.45, 7) is 4.92. The van der Waals surface area contributed by atoms with Crippen LogP contribution in [0.25, 0.3) is 0 Å². The van der Waals surface area contributed by atoms with E-state index in [2.05, 4.69) is 35.8 Å². The number of benzene rings is 1. The topological polar surface area (TPSA) is 33.0 Å². The van der Waals surface area contributed by atoms with Gasteiger partial charge in [-0.15, -0.1) is 0 Å². The summed E-state index contributed by atoms with van der Waals surface area (Å²) < 4.78 is 6.49. The minimum absolute atomic E-state index is 0.514. The first-order valence-electron chi connectivity index (χ1n) is 4.99. The molecule has 1 aromatic rings. The average Bonchev–Trinajstić information content (AvgIpc) is 2.26. The third-order valence-corrected chi connectivity index (χ3v) is 2.78. The Morgan fingerprint density at radius 2 is 2.27 bits per heavy atom. The molecule has 0 amide bonds. The van der Waals surface area contributed by atoms with Gasteiger partial charge in [-0.05, 0) is 24.1 Å². The first-order valence-corrected chi connectivity index (χ1v) is 5.79. The van der Waals surface area contributed by atoms with Crippen LogP contribution in [0.15, 0.2) is 22.7 Å². The van der Waals surface area contributed by atoms with Crippen molar-refractivity contribution < 1.29 is 4.74 Å². The maximum Gasteiger partial charge on any atom is 0.137 e. The van der Waals surface area contributed by atoms with E-state index < -0.39 is 0 Å². The highest BCUT2D eigenvalue weighted by molar-refractivity contribution is 9.10. The monoisotopic (exact) mass is 267 g/mol. The SMILES string of the molecule is CC[C@H](C)COc1ccc(Br)cc1C#N. The van der Waals surface area contributed by atoms with Crippen molar-refractivity contribution in [2.24, 2.45) is 5.92 Å². The average molecular weight is 268 g/mol.